The Balaban J connectivity index is 2.55. The van der Waals surface area contributed by atoms with Gasteiger partial charge in [0.25, 0.3) is 0 Å². The molecule has 0 aliphatic rings. The van der Waals surface area contributed by atoms with Gasteiger partial charge in [-0.2, -0.15) is 0 Å². The number of aromatic hydroxyl groups is 1. The van der Waals surface area contributed by atoms with Gasteiger partial charge in [0.2, 0.25) is 0 Å². The number of pyridine rings is 1. The van der Waals surface area contributed by atoms with Crippen molar-refractivity contribution in [3.05, 3.63) is 47.2 Å². The highest BCUT2D eigenvalue weighted by Crippen LogP contribution is 2.29. The van der Waals surface area contributed by atoms with Crippen LogP contribution in [-0.4, -0.2) is 10.1 Å². The maximum absolute atomic E-state index is 9.61. The Kier molecular flexibility index (Phi) is 2.50. The number of para-hydroxylation sites is 1. The molecule has 2 aromatic rings. The average Bonchev–Trinajstić information content (AvgIpc) is 2.18. The molecule has 0 aliphatic heterocycles. The van der Waals surface area contributed by atoms with E-state index in [0.29, 0.717) is 0 Å². The van der Waals surface area contributed by atoms with Gasteiger partial charge >= 0.3 is 0 Å². The van der Waals surface area contributed by atoms with E-state index < -0.39 is 0 Å². The van der Waals surface area contributed by atoms with Crippen LogP contribution in [0.15, 0.2) is 47.2 Å². The van der Waals surface area contributed by atoms with Crippen LogP contribution in [-0.2, 0) is 0 Å². The van der Waals surface area contributed by atoms with Gasteiger partial charge in [0.1, 0.15) is 5.75 Å². The van der Waals surface area contributed by atoms with Gasteiger partial charge in [-0.1, -0.05) is 18.2 Å². The Morgan fingerprint density at radius 3 is 2.64 bits per heavy atom. The van der Waals surface area contributed by atoms with Crippen molar-refractivity contribution < 1.29 is 5.11 Å². The third-order valence-electron chi connectivity index (χ3n) is 1.92. The highest BCUT2D eigenvalue weighted by atomic mass is 79.9. The second-order valence-corrected chi connectivity index (χ2v) is 3.82. The lowest BCUT2D eigenvalue weighted by Gasteiger charge is -2.03. The monoisotopic (exact) mass is 249 g/mol. The average molecular weight is 250 g/mol. The molecule has 0 aliphatic carbocycles. The molecule has 0 spiro atoms. The van der Waals surface area contributed by atoms with Crippen LogP contribution in [0.1, 0.15) is 0 Å². The van der Waals surface area contributed by atoms with Gasteiger partial charge in [-0.15, -0.1) is 0 Å². The molecule has 1 aromatic carbocycles. The molecule has 1 N–H and O–H groups in total. The molecule has 0 fully saturated rings. The zero-order valence-corrected chi connectivity index (χ0v) is 8.90. The maximum Gasteiger partial charge on any atom is 0.123 e. The largest absolute Gasteiger partial charge is 0.507 e. The predicted octanol–water partition coefficient (Wildman–Crippen LogP) is 3.22. The van der Waals surface area contributed by atoms with Gasteiger partial charge in [0, 0.05) is 28.0 Å². The first-order valence-electron chi connectivity index (χ1n) is 4.16. The minimum Gasteiger partial charge on any atom is -0.507 e. The smallest absolute Gasteiger partial charge is 0.123 e. The summed E-state index contributed by atoms with van der Waals surface area (Å²) in [5, 5.41) is 9.61. The summed E-state index contributed by atoms with van der Waals surface area (Å²) in [6, 6.07) is 9.12. The van der Waals surface area contributed by atoms with Crippen LogP contribution in [0.3, 0.4) is 0 Å². The van der Waals surface area contributed by atoms with Crippen molar-refractivity contribution in [3.63, 3.8) is 0 Å². The number of aromatic nitrogens is 1. The number of phenols is 1. The molecule has 0 saturated heterocycles. The molecule has 0 amide bonds. The van der Waals surface area contributed by atoms with Gasteiger partial charge in [-0.3, -0.25) is 4.98 Å². The lowest BCUT2D eigenvalue weighted by Crippen LogP contribution is -1.80. The minimum absolute atomic E-state index is 0.271. The van der Waals surface area contributed by atoms with E-state index in [0.717, 1.165) is 15.6 Å². The topological polar surface area (TPSA) is 33.1 Å². The molecule has 1 heterocycles. The van der Waals surface area contributed by atoms with Crippen molar-refractivity contribution in [2.45, 2.75) is 0 Å². The van der Waals surface area contributed by atoms with Crippen LogP contribution in [0.2, 0.25) is 0 Å². The SMILES string of the molecule is Oc1ccccc1-c1cncc(Br)c1. The Bertz CT molecular complexity index is 457. The number of halogens is 1. The van der Waals surface area contributed by atoms with Gasteiger partial charge in [-0.25, -0.2) is 0 Å². The number of phenolic OH excluding ortho intramolecular Hbond substituents is 1. The fourth-order valence-electron chi connectivity index (χ4n) is 1.28. The number of rotatable bonds is 1. The van der Waals surface area contributed by atoms with Crippen molar-refractivity contribution in [1.29, 1.82) is 0 Å². The molecular weight excluding hydrogens is 242 g/mol. The molecule has 0 radical (unpaired) electrons. The van der Waals surface area contributed by atoms with Crippen LogP contribution < -0.4 is 0 Å². The number of benzene rings is 1. The molecule has 70 valence electrons. The first-order chi connectivity index (χ1) is 6.77. The Morgan fingerprint density at radius 2 is 1.93 bits per heavy atom. The summed E-state index contributed by atoms with van der Waals surface area (Å²) >= 11 is 3.34. The molecule has 2 nitrogen and oxygen atoms in total. The Labute approximate surface area is 90.4 Å². The van der Waals surface area contributed by atoms with Gasteiger partial charge in [0.05, 0.1) is 0 Å². The number of nitrogens with zero attached hydrogens (tertiary/aromatic N) is 1. The summed E-state index contributed by atoms with van der Waals surface area (Å²) in [4.78, 5) is 4.04. The molecule has 14 heavy (non-hydrogen) atoms. The summed E-state index contributed by atoms with van der Waals surface area (Å²) in [5.74, 6) is 0.271. The zero-order chi connectivity index (χ0) is 9.97. The van der Waals surface area contributed by atoms with Crippen LogP contribution in [0.4, 0.5) is 0 Å². The van der Waals surface area contributed by atoms with Crippen LogP contribution >= 0.6 is 15.9 Å². The Morgan fingerprint density at radius 1 is 1.14 bits per heavy atom. The van der Waals surface area contributed by atoms with Crippen molar-refractivity contribution in [3.8, 4) is 16.9 Å². The molecule has 0 bridgehead atoms. The summed E-state index contributed by atoms with van der Waals surface area (Å²) in [6.07, 6.45) is 3.43. The maximum atomic E-state index is 9.61. The zero-order valence-electron chi connectivity index (χ0n) is 7.31. The second kappa shape index (κ2) is 3.80. The van der Waals surface area contributed by atoms with Crippen LogP contribution in [0.5, 0.6) is 5.75 Å². The van der Waals surface area contributed by atoms with E-state index in [9.17, 15) is 5.11 Å². The van der Waals surface area contributed by atoms with Crippen LogP contribution in [0.25, 0.3) is 11.1 Å². The standard InChI is InChI=1S/C11H8BrNO/c12-9-5-8(6-13-7-9)10-3-1-2-4-11(10)14/h1-7,14H. The van der Waals surface area contributed by atoms with Crippen molar-refractivity contribution in [1.82, 2.24) is 4.98 Å². The summed E-state index contributed by atoms with van der Waals surface area (Å²) in [6.45, 7) is 0. The normalized spacial score (nSPS) is 10.1. The summed E-state index contributed by atoms with van der Waals surface area (Å²) in [5.41, 5.74) is 1.69. The lowest BCUT2D eigenvalue weighted by atomic mass is 10.1. The predicted molar refractivity (Wildman–Crippen MR) is 59.0 cm³/mol. The molecule has 2 rings (SSSR count). The highest BCUT2D eigenvalue weighted by Gasteiger charge is 2.03. The molecule has 3 heteroatoms. The fourth-order valence-corrected chi connectivity index (χ4v) is 1.64. The number of hydrogen-bond acceptors (Lipinski definition) is 2. The van der Waals surface area contributed by atoms with Crippen molar-refractivity contribution >= 4 is 15.9 Å². The minimum atomic E-state index is 0.271. The molecule has 0 atom stereocenters. The molecule has 1 aromatic heterocycles. The van der Waals surface area contributed by atoms with Gasteiger partial charge < -0.3 is 5.11 Å². The van der Waals surface area contributed by atoms with Gasteiger partial charge in [-0.05, 0) is 28.1 Å². The lowest BCUT2D eigenvalue weighted by molar-refractivity contribution is 0.477. The summed E-state index contributed by atoms with van der Waals surface area (Å²) in [7, 11) is 0. The fraction of sp³-hybridized carbons (Fsp3) is 0. The number of hydrogen-bond donors (Lipinski definition) is 1. The second-order valence-electron chi connectivity index (χ2n) is 2.91. The first kappa shape index (κ1) is 9.21. The van der Waals surface area contributed by atoms with E-state index in [1.807, 2.05) is 18.2 Å². The molecule has 0 unspecified atom stereocenters. The first-order valence-corrected chi connectivity index (χ1v) is 4.95. The Hall–Kier alpha value is -1.35. The third kappa shape index (κ3) is 1.77. The van der Waals surface area contributed by atoms with Crippen molar-refractivity contribution in [2.75, 3.05) is 0 Å². The molecular formula is C11H8BrNO. The van der Waals surface area contributed by atoms with Gasteiger partial charge in [0.15, 0.2) is 0 Å². The van der Waals surface area contributed by atoms with E-state index in [1.54, 1.807) is 24.5 Å². The van der Waals surface area contributed by atoms with E-state index in [-0.39, 0.29) is 5.75 Å². The van der Waals surface area contributed by atoms with Crippen LogP contribution in [0, 0.1) is 0 Å². The van der Waals surface area contributed by atoms with E-state index in [2.05, 4.69) is 20.9 Å². The van der Waals surface area contributed by atoms with Crippen molar-refractivity contribution in [2.24, 2.45) is 0 Å². The summed E-state index contributed by atoms with van der Waals surface area (Å²) < 4.78 is 0.901. The highest BCUT2D eigenvalue weighted by molar-refractivity contribution is 9.10. The molecule has 0 saturated carbocycles. The van der Waals surface area contributed by atoms with E-state index >= 15 is 0 Å². The van der Waals surface area contributed by atoms with E-state index in [1.165, 1.54) is 0 Å². The quantitative estimate of drug-likeness (QED) is 0.842. The third-order valence-corrected chi connectivity index (χ3v) is 2.35. The van der Waals surface area contributed by atoms with E-state index in [4.69, 9.17) is 0 Å².